The summed E-state index contributed by atoms with van der Waals surface area (Å²) in [6.45, 7) is 1.92. The first kappa shape index (κ1) is 20.3. The number of amides is 1. The average molecular weight is 461 g/mol. The van der Waals surface area contributed by atoms with E-state index in [0.29, 0.717) is 5.13 Å². The van der Waals surface area contributed by atoms with Gasteiger partial charge in [0.25, 0.3) is 5.91 Å². The molecule has 32 heavy (non-hydrogen) atoms. The van der Waals surface area contributed by atoms with E-state index in [4.69, 9.17) is 0 Å². The Morgan fingerprint density at radius 2 is 1.59 bits per heavy atom. The highest BCUT2D eigenvalue weighted by molar-refractivity contribution is 7.91. The Morgan fingerprint density at radius 3 is 2.38 bits per heavy atom. The number of hydrogen-bond acceptors (Lipinski definition) is 6. The van der Waals surface area contributed by atoms with E-state index >= 15 is 0 Å². The molecular weight excluding hydrogens is 444 g/mol. The molecule has 1 aromatic heterocycles. The Labute approximate surface area is 188 Å². The number of rotatable bonds is 3. The number of aromatic nitrogens is 1. The van der Waals surface area contributed by atoms with Crippen molar-refractivity contribution < 1.29 is 18.0 Å². The second-order valence-corrected chi connectivity index (χ2v) is 10.4. The molecule has 4 aromatic rings. The van der Waals surface area contributed by atoms with Gasteiger partial charge in [-0.25, -0.2) is 13.4 Å². The summed E-state index contributed by atoms with van der Waals surface area (Å²) in [6.07, 6.45) is 0. The molecule has 1 amide bonds. The summed E-state index contributed by atoms with van der Waals surface area (Å²) < 4.78 is 26.2. The number of fused-ring (bicyclic) bond motifs is 2. The molecule has 0 saturated carbocycles. The molecule has 1 N–H and O–H groups in total. The molecule has 0 unspecified atom stereocenters. The minimum Gasteiger partial charge on any atom is -0.298 e. The Kier molecular flexibility index (Phi) is 4.76. The first-order valence-corrected chi connectivity index (χ1v) is 12.0. The number of benzene rings is 3. The maximum Gasteiger partial charge on any atom is 0.257 e. The van der Waals surface area contributed by atoms with E-state index in [9.17, 15) is 18.0 Å². The van der Waals surface area contributed by atoms with E-state index in [1.807, 2.05) is 37.3 Å². The molecule has 0 spiro atoms. The molecule has 0 radical (unpaired) electrons. The van der Waals surface area contributed by atoms with Gasteiger partial charge in [-0.15, -0.1) is 11.3 Å². The Morgan fingerprint density at radius 1 is 0.906 bits per heavy atom. The zero-order valence-corrected chi connectivity index (χ0v) is 18.5. The fraction of sp³-hybridized carbons (Fsp3) is 0.0417. The van der Waals surface area contributed by atoms with Gasteiger partial charge < -0.3 is 0 Å². The van der Waals surface area contributed by atoms with E-state index in [-0.39, 0.29) is 32.3 Å². The monoisotopic (exact) mass is 460 g/mol. The number of aryl methyl sites for hydroxylation is 1. The molecule has 5 rings (SSSR count). The van der Waals surface area contributed by atoms with Gasteiger partial charge in [0, 0.05) is 27.1 Å². The summed E-state index contributed by atoms with van der Waals surface area (Å²) in [5.74, 6) is -0.872. The third-order valence-electron chi connectivity index (χ3n) is 5.26. The van der Waals surface area contributed by atoms with Crippen LogP contribution in [0.25, 0.3) is 11.3 Å². The van der Waals surface area contributed by atoms with E-state index in [1.54, 1.807) is 12.1 Å². The van der Waals surface area contributed by atoms with Crippen molar-refractivity contribution in [3.63, 3.8) is 0 Å². The summed E-state index contributed by atoms with van der Waals surface area (Å²) in [6, 6.07) is 19.8. The summed E-state index contributed by atoms with van der Waals surface area (Å²) in [5.41, 5.74) is 2.06. The minimum atomic E-state index is -3.92. The number of carbonyl (C=O) groups is 2. The molecule has 0 fully saturated rings. The maximum absolute atomic E-state index is 13.1. The molecule has 0 bridgehead atoms. The fourth-order valence-electron chi connectivity index (χ4n) is 3.71. The van der Waals surface area contributed by atoms with E-state index < -0.39 is 15.7 Å². The van der Waals surface area contributed by atoms with Gasteiger partial charge in [-0.3, -0.25) is 14.9 Å². The van der Waals surface area contributed by atoms with E-state index in [2.05, 4.69) is 10.3 Å². The number of carbonyl (C=O) groups excluding carboxylic acids is 2. The van der Waals surface area contributed by atoms with Gasteiger partial charge >= 0.3 is 0 Å². The first-order valence-electron chi connectivity index (χ1n) is 9.73. The second-order valence-electron chi connectivity index (χ2n) is 7.28. The molecule has 158 valence electrons. The van der Waals surface area contributed by atoms with Gasteiger partial charge in [-0.2, -0.15) is 0 Å². The number of ketones is 1. The largest absolute Gasteiger partial charge is 0.298 e. The van der Waals surface area contributed by atoms with Crippen molar-refractivity contribution >= 4 is 38.0 Å². The van der Waals surface area contributed by atoms with Crippen LogP contribution in [0.15, 0.2) is 82.6 Å². The SMILES string of the molecule is Cc1sc(NC(=O)c2ccc3c(c2)S(=O)(=O)c2ccccc2C3=O)nc1-c1ccccc1. The van der Waals surface area contributed by atoms with Crippen molar-refractivity contribution in [1.82, 2.24) is 4.98 Å². The van der Waals surface area contributed by atoms with Crippen LogP contribution in [-0.2, 0) is 9.84 Å². The summed E-state index contributed by atoms with van der Waals surface area (Å²) in [7, 11) is -3.92. The Balaban J connectivity index is 1.48. The molecule has 0 aliphatic carbocycles. The Bertz CT molecular complexity index is 1510. The summed E-state index contributed by atoms with van der Waals surface area (Å²) in [5, 5.41) is 3.15. The van der Waals surface area contributed by atoms with Crippen LogP contribution >= 0.6 is 11.3 Å². The predicted molar refractivity (Wildman–Crippen MR) is 122 cm³/mol. The third kappa shape index (κ3) is 3.24. The van der Waals surface area contributed by atoms with E-state index in [1.165, 1.54) is 41.7 Å². The molecule has 1 aliphatic heterocycles. The molecule has 8 heteroatoms. The molecule has 0 saturated heterocycles. The zero-order valence-electron chi connectivity index (χ0n) is 16.8. The standard InChI is InChI=1S/C24H16N2O4S2/c1-14-21(15-7-3-2-4-8-15)25-24(31-14)26-23(28)16-11-12-18-20(13-16)32(29,30)19-10-6-5-9-17(19)22(18)27/h2-13H,1H3,(H,25,26,28). The van der Waals surface area contributed by atoms with Gasteiger partial charge in [0.05, 0.1) is 15.5 Å². The van der Waals surface area contributed by atoms with Gasteiger partial charge in [0.15, 0.2) is 10.9 Å². The van der Waals surface area contributed by atoms with Crippen molar-refractivity contribution in [2.75, 3.05) is 5.32 Å². The lowest BCUT2D eigenvalue weighted by atomic mass is 10.0. The van der Waals surface area contributed by atoms with Crippen molar-refractivity contribution in [3.05, 3.63) is 94.4 Å². The number of anilines is 1. The molecule has 2 heterocycles. The van der Waals surface area contributed by atoms with Crippen LogP contribution in [0.5, 0.6) is 0 Å². The fourth-order valence-corrected chi connectivity index (χ4v) is 6.22. The smallest absolute Gasteiger partial charge is 0.257 e. The second kappa shape index (κ2) is 7.51. The van der Waals surface area contributed by atoms with Gasteiger partial charge in [-0.1, -0.05) is 42.5 Å². The summed E-state index contributed by atoms with van der Waals surface area (Å²) >= 11 is 1.34. The zero-order chi connectivity index (χ0) is 22.5. The van der Waals surface area contributed by atoms with Gasteiger partial charge in [-0.05, 0) is 37.3 Å². The van der Waals surface area contributed by atoms with Crippen LogP contribution in [-0.4, -0.2) is 25.1 Å². The molecular formula is C24H16N2O4S2. The third-order valence-corrected chi connectivity index (χ3v) is 8.00. The van der Waals surface area contributed by atoms with Crippen LogP contribution < -0.4 is 5.32 Å². The highest BCUT2D eigenvalue weighted by atomic mass is 32.2. The normalized spacial score (nSPS) is 13.8. The first-order chi connectivity index (χ1) is 15.4. The van der Waals surface area contributed by atoms with Crippen molar-refractivity contribution in [1.29, 1.82) is 0 Å². The van der Waals surface area contributed by atoms with Gasteiger partial charge in [0.1, 0.15) is 0 Å². The summed E-state index contributed by atoms with van der Waals surface area (Å²) in [4.78, 5) is 30.9. The van der Waals surface area contributed by atoms with Crippen molar-refractivity contribution in [2.24, 2.45) is 0 Å². The van der Waals surface area contributed by atoms with Crippen LogP contribution in [0.4, 0.5) is 5.13 Å². The Hall–Kier alpha value is -3.62. The van der Waals surface area contributed by atoms with Crippen LogP contribution in [0.2, 0.25) is 0 Å². The topological polar surface area (TPSA) is 93.2 Å². The van der Waals surface area contributed by atoms with Crippen LogP contribution in [0.3, 0.4) is 0 Å². The lowest BCUT2D eigenvalue weighted by Gasteiger charge is -2.19. The number of thiazole rings is 1. The van der Waals surface area contributed by atoms with Crippen LogP contribution in [0.1, 0.15) is 31.2 Å². The van der Waals surface area contributed by atoms with Gasteiger partial charge in [0.2, 0.25) is 9.84 Å². The van der Waals surface area contributed by atoms with Crippen molar-refractivity contribution in [3.8, 4) is 11.3 Å². The molecule has 6 nitrogen and oxygen atoms in total. The average Bonchev–Trinajstić information content (AvgIpc) is 3.18. The predicted octanol–water partition coefficient (Wildman–Crippen LogP) is 4.75. The number of sulfone groups is 1. The number of nitrogens with one attached hydrogen (secondary N) is 1. The number of nitrogens with zero attached hydrogens (tertiary/aromatic N) is 1. The van der Waals surface area contributed by atoms with Crippen molar-refractivity contribution in [2.45, 2.75) is 16.7 Å². The minimum absolute atomic E-state index is 0.0434. The highest BCUT2D eigenvalue weighted by Gasteiger charge is 2.35. The van der Waals surface area contributed by atoms with Crippen LogP contribution in [0, 0.1) is 6.92 Å². The lowest BCUT2D eigenvalue weighted by molar-refractivity contribution is 0.101. The number of hydrogen-bond donors (Lipinski definition) is 1. The molecule has 3 aromatic carbocycles. The molecule has 0 atom stereocenters. The maximum atomic E-state index is 13.1. The highest BCUT2D eigenvalue weighted by Crippen LogP contribution is 2.35. The lowest BCUT2D eigenvalue weighted by Crippen LogP contribution is -2.21. The molecule has 1 aliphatic rings. The quantitative estimate of drug-likeness (QED) is 0.419. The van der Waals surface area contributed by atoms with E-state index in [0.717, 1.165) is 16.1 Å².